The van der Waals surface area contributed by atoms with E-state index in [1.54, 1.807) is 36.4 Å². The van der Waals surface area contributed by atoms with E-state index in [-0.39, 0.29) is 24.3 Å². The molecule has 1 aliphatic carbocycles. The number of ether oxygens (including phenoxy) is 2. The molecule has 1 aromatic heterocycles. The summed E-state index contributed by atoms with van der Waals surface area (Å²) in [5.74, 6) is 1.36. The number of rotatable bonds is 7. The SMILES string of the molecule is Oc1cc(OC2CCCC2)c2c(Nc3ccc(OCc4cccc(F)c4)c(Cl)c3)ncnc2c1. The highest BCUT2D eigenvalue weighted by Gasteiger charge is 2.20. The van der Waals surface area contributed by atoms with Crippen molar-refractivity contribution in [2.75, 3.05) is 5.32 Å². The van der Waals surface area contributed by atoms with Gasteiger partial charge in [-0.1, -0.05) is 23.7 Å². The van der Waals surface area contributed by atoms with Crippen molar-refractivity contribution in [2.45, 2.75) is 38.4 Å². The molecule has 3 aromatic carbocycles. The average Bonchev–Trinajstić information content (AvgIpc) is 3.31. The highest BCUT2D eigenvalue weighted by atomic mass is 35.5. The minimum atomic E-state index is -0.312. The summed E-state index contributed by atoms with van der Waals surface area (Å²) in [6.07, 6.45) is 5.79. The quantitative estimate of drug-likeness (QED) is 0.304. The van der Waals surface area contributed by atoms with Gasteiger partial charge in [-0.3, -0.25) is 0 Å². The molecule has 5 rings (SSSR count). The standard InChI is InChI=1S/C26H23ClFN3O3/c27-21-11-18(8-9-23(21)33-14-16-4-3-5-17(28)10-16)31-26-25-22(29-15-30-26)12-19(32)13-24(25)34-20-6-1-2-7-20/h3-5,8-13,15,20,32H,1-2,6-7,14H2,(H,29,30,31). The van der Waals surface area contributed by atoms with Crippen LogP contribution >= 0.6 is 11.6 Å². The van der Waals surface area contributed by atoms with E-state index in [2.05, 4.69) is 15.3 Å². The number of nitrogens with one attached hydrogen (secondary N) is 1. The maximum atomic E-state index is 13.4. The fourth-order valence-electron chi connectivity index (χ4n) is 4.13. The van der Waals surface area contributed by atoms with Crippen molar-refractivity contribution in [3.8, 4) is 17.2 Å². The Morgan fingerprint density at radius 3 is 2.68 bits per heavy atom. The van der Waals surface area contributed by atoms with Crippen LogP contribution in [-0.2, 0) is 6.61 Å². The smallest absolute Gasteiger partial charge is 0.145 e. The van der Waals surface area contributed by atoms with E-state index in [1.165, 1.54) is 18.5 Å². The molecule has 174 valence electrons. The number of hydrogen-bond donors (Lipinski definition) is 2. The third kappa shape index (κ3) is 4.99. The first-order valence-corrected chi connectivity index (χ1v) is 11.5. The molecule has 0 amide bonds. The van der Waals surface area contributed by atoms with E-state index < -0.39 is 0 Å². The molecule has 8 heteroatoms. The minimum Gasteiger partial charge on any atom is -0.508 e. The summed E-state index contributed by atoms with van der Waals surface area (Å²) >= 11 is 6.45. The molecule has 0 spiro atoms. The molecule has 0 unspecified atom stereocenters. The van der Waals surface area contributed by atoms with Gasteiger partial charge in [-0.25, -0.2) is 14.4 Å². The second-order valence-electron chi connectivity index (χ2n) is 8.27. The fourth-order valence-corrected chi connectivity index (χ4v) is 4.37. The molecule has 0 aliphatic heterocycles. The second-order valence-corrected chi connectivity index (χ2v) is 8.68. The van der Waals surface area contributed by atoms with Crippen LogP contribution in [0.5, 0.6) is 17.2 Å². The van der Waals surface area contributed by atoms with Gasteiger partial charge in [0.1, 0.15) is 41.8 Å². The number of hydrogen-bond acceptors (Lipinski definition) is 6. The molecular formula is C26H23ClFN3O3. The van der Waals surface area contributed by atoms with Crippen LogP contribution in [0.4, 0.5) is 15.9 Å². The Bertz CT molecular complexity index is 1330. The Morgan fingerprint density at radius 2 is 1.88 bits per heavy atom. The van der Waals surface area contributed by atoms with Crippen molar-refractivity contribution in [1.82, 2.24) is 9.97 Å². The van der Waals surface area contributed by atoms with Crippen LogP contribution in [0, 0.1) is 5.82 Å². The topological polar surface area (TPSA) is 76.5 Å². The maximum absolute atomic E-state index is 13.4. The highest BCUT2D eigenvalue weighted by molar-refractivity contribution is 6.32. The molecule has 0 radical (unpaired) electrons. The van der Waals surface area contributed by atoms with Crippen LogP contribution in [0.3, 0.4) is 0 Å². The first-order chi connectivity index (χ1) is 16.5. The number of halogens is 2. The lowest BCUT2D eigenvalue weighted by molar-refractivity contribution is 0.212. The normalized spacial score (nSPS) is 13.8. The lowest BCUT2D eigenvalue weighted by Crippen LogP contribution is -2.11. The molecule has 1 saturated carbocycles. The van der Waals surface area contributed by atoms with Crippen molar-refractivity contribution in [3.05, 3.63) is 77.3 Å². The summed E-state index contributed by atoms with van der Waals surface area (Å²) in [5.41, 5.74) is 1.98. The highest BCUT2D eigenvalue weighted by Crippen LogP contribution is 2.38. The van der Waals surface area contributed by atoms with Crippen molar-refractivity contribution in [1.29, 1.82) is 0 Å². The van der Waals surface area contributed by atoms with Crippen LogP contribution in [0.25, 0.3) is 10.9 Å². The van der Waals surface area contributed by atoms with Crippen molar-refractivity contribution in [3.63, 3.8) is 0 Å². The Kier molecular flexibility index (Phi) is 6.36. The van der Waals surface area contributed by atoms with Gasteiger partial charge in [0.05, 0.1) is 22.0 Å². The minimum absolute atomic E-state index is 0.0907. The van der Waals surface area contributed by atoms with E-state index in [0.29, 0.717) is 44.5 Å². The molecule has 1 heterocycles. The van der Waals surface area contributed by atoms with E-state index in [1.807, 2.05) is 6.07 Å². The summed E-state index contributed by atoms with van der Waals surface area (Å²) in [7, 11) is 0. The molecule has 1 aliphatic rings. The lowest BCUT2D eigenvalue weighted by Gasteiger charge is -2.17. The van der Waals surface area contributed by atoms with Crippen molar-refractivity contribution >= 4 is 34.0 Å². The Balaban J connectivity index is 1.38. The third-order valence-electron chi connectivity index (χ3n) is 5.76. The number of aromatic nitrogens is 2. The molecule has 2 N–H and O–H groups in total. The Labute approximate surface area is 201 Å². The average molecular weight is 480 g/mol. The number of benzene rings is 3. The van der Waals surface area contributed by atoms with Gasteiger partial charge in [-0.2, -0.15) is 0 Å². The van der Waals surface area contributed by atoms with E-state index in [0.717, 1.165) is 25.7 Å². The van der Waals surface area contributed by atoms with Gasteiger partial charge >= 0.3 is 0 Å². The number of phenols is 1. The van der Waals surface area contributed by atoms with Gasteiger partial charge in [0.25, 0.3) is 0 Å². The number of fused-ring (bicyclic) bond motifs is 1. The van der Waals surface area contributed by atoms with Crippen LogP contribution in [0.2, 0.25) is 5.02 Å². The van der Waals surface area contributed by atoms with Gasteiger partial charge in [0.15, 0.2) is 0 Å². The first kappa shape index (κ1) is 22.2. The summed E-state index contributed by atoms with van der Waals surface area (Å²) in [4.78, 5) is 8.72. The van der Waals surface area contributed by atoms with Crippen LogP contribution in [-0.4, -0.2) is 21.2 Å². The van der Waals surface area contributed by atoms with Crippen LogP contribution in [0.15, 0.2) is 60.9 Å². The summed E-state index contributed by atoms with van der Waals surface area (Å²) < 4.78 is 25.4. The molecular weight excluding hydrogens is 457 g/mol. The van der Waals surface area contributed by atoms with Gasteiger partial charge in [0, 0.05) is 17.8 Å². The molecule has 0 bridgehead atoms. The first-order valence-electron chi connectivity index (χ1n) is 11.1. The number of aromatic hydroxyl groups is 1. The van der Waals surface area contributed by atoms with Crippen molar-refractivity contribution < 1.29 is 19.0 Å². The monoisotopic (exact) mass is 479 g/mol. The van der Waals surface area contributed by atoms with E-state index >= 15 is 0 Å². The van der Waals surface area contributed by atoms with Crippen LogP contribution < -0.4 is 14.8 Å². The second kappa shape index (κ2) is 9.73. The molecule has 34 heavy (non-hydrogen) atoms. The number of nitrogens with zero attached hydrogens (tertiary/aromatic N) is 2. The molecule has 4 aromatic rings. The van der Waals surface area contributed by atoms with Gasteiger partial charge < -0.3 is 19.9 Å². The van der Waals surface area contributed by atoms with E-state index in [9.17, 15) is 9.50 Å². The zero-order valence-corrected chi connectivity index (χ0v) is 19.1. The zero-order valence-electron chi connectivity index (χ0n) is 18.3. The van der Waals surface area contributed by atoms with Gasteiger partial charge in [-0.05, 0) is 61.6 Å². The molecule has 0 saturated heterocycles. The maximum Gasteiger partial charge on any atom is 0.145 e. The van der Waals surface area contributed by atoms with E-state index in [4.69, 9.17) is 21.1 Å². The van der Waals surface area contributed by atoms with Gasteiger partial charge in [0.2, 0.25) is 0 Å². The zero-order chi connectivity index (χ0) is 23.5. The van der Waals surface area contributed by atoms with Gasteiger partial charge in [-0.15, -0.1) is 0 Å². The Morgan fingerprint density at radius 1 is 1.03 bits per heavy atom. The number of phenolic OH excluding ortho intramolecular Hbond substituents is 1. The summed E-state index contributed by atoms with van der Waals surface area (Å²) in [6.45, 7) is 0.201. The van der Waals surface area contributed by atoms with Crippen molar-refractivity contribution in [2.24, 2.45) is 0 Å². The lowest BCUT2D eigenvalue weighted by atomic mass is 10.2. The Hall–Kier alpha value is -3.58. The predicted octanol–water partition coefficient (Wildman–Crippen LogP) is 6.77. The third-order valence-corrected chi connectivity index (χ3v) is 6.06. The predicted molar refractivity (Wildman–Crippen MR) is 130 cm³/mol. The number of anilines is 2. The summed E-state index contributed by atoms with van der Waals surface area (Å²) in [6, 6.07) is 14.7. The molecule has 6 nitrogen and oxygen atoms in total. The van der Waals surface area contributed by atoms with Crippen LogP contribution in [0.1, 0.15) is 31.2 Å². The fraction of sp³-hybridized carbons (Fsp3) is 0.231. The largest absolute Gasteiger partial charge is 0.508 e. The molecule has 1 fully saturated rings. The molecule has 0 atom stereocenters. The summed E-state index contributed by atoms with van der Waals surface area (Å²) in [5, 5.41) is 14.5.